The minimum Gasteiger partial charge on any atom is -0.299 e. The number of nitrogens with zero attached hydrogens (tertiary/aromatic N) is 1. The molecule has 0 radical (unpaired) electrons. The van der Waals surface area contributed by atoms with Crippen molar-refractivity contribution in [2.45, 2.75) is 65.2 Å². The van der Waals surface area contributed by atoms with Gasteiger partial charge in [-0.2, -0.15) is 0 Å². The Balaban J connectivity index is 2.02. The molecular formula is C17H25NO. The molecule has 1 saturated carbocycles. The zero-order valence-electron chi connectivity index (χ0n) is 12.4. The molecule has 1 unspecified atom stereocenters. The highest BCUT2D eigenvalue weighted by Gasteiger charge is 2.23. The van der Waals surface area contributed by atoms with Gasteiger partial charge < -0.3 is 0 Å². The number of carbonyl (C=O) groups excluding carboxylic acids is 1. The van der Waals surface area contributed by atoms with Crippen molar-refractivity contribution < 1.29 is 4.79 Å². The van der Waals surface area contributed by atoms with Crippen LogP contribution < -0.4 is 0 Å². The molecule has 0 aliphatic heterocycles. The van der Waals surface area contributed by atoms with Gasteiger partial charge in [0.05, 0.1) is 0 Å². The molecule has 0 spiro atoms. The molecule has 1 atom stereocenters. The van der Waals surface area contributed by atoms with Crippen molar-refractivity contribution in [3.05, 3.63) is 29.1 Å². The molecule has 2 nitrogen and oxygen atoms in total. The Morgan fingerprint density at radius 1 is 1.32 bits per heavy atom. The lowest BCUT2D eigenvalue weighted by atomic mass is 9.82. The second-order valence-electron chi connectivity index (χ2n) is 6.02. The van der Waals surface area contributed by atoms with Crippen molar-refractivity contribution >= 4 is 5.78 Å². The summed E-state index contributed by atoms with van der Waals surface area (Å²) in [5.74, 6) is 1.12. The van der Waals surface area contributed by atoms with Crippen LogP contribution >= 0.6 is 0 Å². The topological polar surface area (TPSA) is 30.0 Å². The molecule has 2 rings (SSSR count). The van der Waals surface area contributed by atoms with Crippen molar-refractivity contribution in [2.24, 2.45) is 5.92 Å². The number of ketones is 1. The van der Waals surface area contributed by atoms with Crippen LogP contribution in [0.25, 0.3) is 0 Å². The van der Waals surface area contributed by atoms with E-state index >= 15 is 0 Å². The fraction of sp³-hybridized carbons (Fsp3) is 0.647. The number of aryl methyl sites for hydroxylation is 1. The Kier molecular flexibility index (Phi) is 4.73. The van der Waals surface area contributed by atoms with Crippen LogP contribution in [0.5, 0.6) is 0 Å². The van der Waals surface area contributed by atoms with Gasteiger partial charge in [0.1, 0.15) is 5.78 Å². The minimum atomic E-state index is 0.316. The Hall–Kier alpha value is -1.18. The average molecular weight is 259 g/mol. The molecule has 0 saturated heterocycles. The third kappa shape index (κ3) is 3.43. The first-order valence-corrected chi connectivity index (χ1v) is 7.54. The average Bonchev–Trinajstić information content (AvgIpc) is 2.42. The molecule has 1 aliphatic carbocycles. The molecule has 1 aromatic heterocycles. The Bertz CT molecular complexity index is 447. The smallest absolute Gasteiger partial charge is 0.136 e. The number of hydrogen-bond donors (Lipinski definition) is 0. The van der Waals surface area contributed by atoms with Crippen LogP contribution in [0.2, 0.25) is 0 Å². The maximum absolute atomic E-state index is 12.4. The minimum absolute atomic E-state index is 0.316. The molecular weight excluding hydrogens is 234 g/mol. The number of hydrogen-bond acceptors (Lipinski definition) is 2. The van der Waals surface area contributed by atoms with E-state index in [-0.39, 0.29) is 0 Å². The van der Waals surface area contributed by atoms with E-state index in [1.165, 1.54) is 30.4 Å². The first-order valence-electron chi connectivity index (χ1n) is 7.54. The summed E-state index contributed by atoms with van der Waals surface area (Å²) < 4.78 is 0. The molecule has 0 bridgehead atoms. The van der Waals surface area contributed by atoms with Gasteiger partial charge in [-0.15, -0.1) is 0 Å². The number of pyridine rings is 1. The van der Waals surface area contributed by atoms with E-state index in [1.54, 1.807) is 0 Å². The van der Waals surface area contributed by atoms with Crippen molar-refractivity contribution in [2.75, 3.05) is 0 Å². The van der Waals surface area contributed by atoms with Crippen molar-refractivity contribution in [3.63, 3.8) is 0 Å². The van der Waals surface area contributed by atoms with E-state index in [0.717, 1.165) is 18.5 Å². The maximum Gasteiger partial charge on any atom is 0.136 e. The van der Waals surface area contributed by atoms with Crippen LogP contribution in [0.4, 0.5) is 0 Å². The predicted molar refractivity (Wildman–Crippen MR) is 78.3 cm³/mol. The third-order valence-electron chi connectivity index (χ3n) is 4.60. The van der Waals surface area contributed by atoms with Gasteiger partial charge in [-0.3, -0.25) is 9.78 Å². The summed E-state index contributed by atoms with van der Waals surface area (Å²) in [6.45, 7) is 6.32. The van der Waals surface area contributed by atoms with Gasteiger partial charge in [-0.25, -0.2) is 0 Å². The zero-order chi connectivity index (χ0) is 13.8. The molecule has 0 amide bonds. The second kappa shape index (κ2) is 6.31. The summed E-state index contributed by atoms with van der Waals surface area (Å²) in [5, 5.41) is 0. The summed E-state index contributed by atoms with van der Waals surface area (Å²) in [7, 11) is 0. The summed E-state index contributed by atoms with van der Waals surface area (Å²) in [5.41, 5.74) is 3.61. The molecule has 0 N–H and O–H groups in total. The molecule has 1 fully saturated rings. The van der Waals surface area contributed by atoms with Crippen molar-refractivity contribution in [1.82, 2.24) is 4.98 Å². The van der Waals surface area contributed by atoms with Crippen molar-refractivity contribution in [3.8, 4) is 0 Å². The lowest BCUT2D eigenvalue weighted by Crippen LogP contribution is -2.19. The largest absolute Gasteiger partial charge is 0.299 e. The highest BCUT2D eigenvalue weighted by atomic mass is 16.1. The number of aromatic nitrogens is 1. The van der Waals surface area contributed by atoms with Gasteiger partial charge in [0.25, 0.3) is 0 Å². The third-order valence-corrected chi connectivity index (χ3v) is 4.60. The highest BCUT2D eigenvalue weighted by Crippen LogP contribution is 2.30. The van der Waals surface area contributed by atoms with E-state index in [1.807, 2.05) is 13.1 Å². The Labute approximate surface area is 116 Å². The first kappa shape index (κ1) is 14.2. The summed E-state index contributed by atoms with van der Waals surface area (Å²) in [6, 6.07) is 2.07. The second-order valence-corrected chi connectivity index (χ2v) is 6.02. The van der Waals surface area contributed by atoms with Crippen LogP contribution in [0.3, 0.4) is 0 Å². The fourth-order valence-electron chi connectivity index (χ4n) is 3.20. The SMILES string of the molecule is Cc1nccc(C(C)CC(=O)C2CCCCC2)c1C. The molecule has 0 aromatic carbocycles. The lowest BCUT2D eigenvalue weighted by molar-refractivity contribution is -0.124. The Morgan fingerprint density at radius 3 is 2.68 bits per heavy atom. The highest BCUT2D eigenvalue weighted by molar-refractivity contribution is 5.81. The van der Waals surface area contributed by atoms with Crippen LogP contribution in [0.15, 0.2) is 12.3 Å². The van der Waals surface area contributed by atoms with Gasteiger partial charge in [0.2, 0.25) is 0 Å². The quantitative estimate of drug-likeness (QED) is 0.805. The molecule has 2 heteroatoms. The van der Waals surface area contributed by atoms with Crippen LogP contribution in [0, 0.1) is 19.8 Å². The van der Waals surface area contributed by atoms with Gasteiger partial charge in [0.15, 0.2) is 0 Å². The maximum atomic E-state index is 12.4. The lowest BCUT2D eigenvalue weighted by Gasteiger charge is -2.22. The van der Waals surface area contributed by atoms with Gasteiger partial charge in [-0.1, -0.05) is 26.2 Å². The zero-order valence-corrected chi connectivity index (χ0v) is 12.4. The van der Waals surface area contributed by atoms with Gasteiger partial charge in [-0.05, 0) is 49.8 Å². The van der Waals surface area contributed by atoms with E-state index in [2.05, 4.69) is 24.9 Å². The van der Waals surface area contributed by atoms with Gasteiger partial charge >= 0.3 is 0 Å². The standard InChI is InChI=1S/C17H25NO/c1-12(16-9-10-18-14(3)13(16)2)11-17(19)15-7-5-4-6-8-15/h9-10,12,15H,4-8,11H2,1-3H3. The van der Waals surface area contributed by atoms with Crippen LogP contribution in [0.1, 0.15) is 68.2 Å². The van der Waals surface area contributed by atoms with E-state index in [9.17, 15) is 4.79 Å². The first-order chi connectivity index (χ1) is 9.09. The Morgan fingerprint density at radius 2 is 2.00 bits per heavy atom. The summed E-state index contributed by atoms with van der Waals surface area (Å²) in [4.78, 5) is 16.7. The molecule has 1 heterocycles. The molecule has 1 aliphatic rings. The van der Waals surface area contributed by atoms with Gasteiger partial charge in [0, 0.05) is 24.2 Å². The molecule has 104 valence electrons. The number of rotatable bonds is 4. The number of carbonyl (C=O) groups is 1. The van der Waals surface area contributed by atoms with E-state index < -0.39 is 0 Å². The molecule has 1 aromatic rings. The predicted octanol–water partition coefficient (Wildman–Crippen LogP) is 4.34. The van der Waals surface area contributed by atoms with Crippen molar-refractivity contribution in [1.29, 1.82) is 0 Å². The van der Waals surface area contributed by atoms with E-state index in [4.69, 9.17) is 0 Å². The number of Topliss-reactive ketones (excluding diaryl/α,β-unsaturated/α-hetero) is 1. The molecule has 19 heavy (non-hydrogen) atoms. The fourth-order valence-corrected chi connectivity index (χ4v) is 3.20. The summed E-state index contributed by atoms with van der Waals surface area (Å²) >= 11 is 0. The monoisotopic (exact) mass is 259 g/mol. The summed E-state index contributed by atoms with van der Waals surface area (Å²) in [6.07, 6.45) is 8.55. The van der Waals surface area contributed by atoms with Crippen LogP contribution in [-0.2, 0) is 4.79 Å². The van der Waals surface area contributed by atoms with Crippen LogP contribution in [-0.4, -0.2) is 10.8 Å². The normalized spacial score (nSPS) is 18.3. The van der Waals surface area contributed by atoms with E-state index in [0.29, 0.717) is 24.0 Å².